The fourth-order valence-corrected chi connectivity index (χ4v) is 11.8. The van der Waals surface area contributed by atoms with Crippen LogP contribution in [0, 0.1) is 0 Å². The molecule has 3 heterocycles. The quantitative estimate of drug-likeness (QED) is 0.153. The molecule has 0 aliphatic carbocycles. The van der Waals surface area contributed by atoms with Crippen molar-refractivity contribution in [2.24, 2.45) is 0 Å². The highest BCUT2D eigenvalue weighted by Crippen LogP contribution is 2.43. The van der Waals surface area contributed by atoms with E-state index >= 15 is 0 Å². The van der Waals surface area contributed by atoms with Crippen LogP contribution in [0.15, 0.2) is 249 Å². The number of nitrogens with zero attached hydrogens (tertiary/aromatic N) is 3. The summed E-state index contributed by atoms with van der Waals surface area (Å²) in [5, 5.41) is 16.5. The van der Waals surface area contributed by atoms with Crippen LogP contribution in [-0.4, -0.2) is 13.7 Å². The van der Waals surface area contributed by atoms with E-state index in [0.717, 1.165) is 17.1 Å². The highest BCUT2D eigenvalue weighted by molar-refractivity contribution is 6.29. The Hall–Kier alpha value is -9.18. The molecule has 320 valence electrons. The van der Waals surface area contributed by atoms with Crippen molar-refractivity contribution in [2.45, 2.75) is 0 Å². The van der Waals surface area contributed by atoms with Crippen LogP contribution >= 0.6 is 0 Å². The number of para-hydroxylation sites is 1. The molecule has 3 heteroatoms. The highest BCUT2D eigenvalue weighted by atomic mass is 15.0. The molecule has 0 saturated carbocycles. The van der Waals surface area contributed by atoms with Crippen LogP contribution in [0.25, 0.3) is 137 Å². The number of benzene rings is 12. The normalized spacial score (nSPS) is 12.1. The average Bonchev–Trinajstić information content (AvgIpc) is 4.11. The van der Waals surface area contributed by atoms with Crippen LogP contribution in [0.3, 0.4) is 0 Å². The summed E-state index contributed by atoms with van der Waals surface area (Å²) in [6.45, 7) is 0. The Kier molecular flexibility index (Phi) is 8.07. The zero-order chi connectivity index (χ0) is 45.2. The molecule has 3 nitrogen and oxygen atoms in total. The predicted molar refractivity (Wildman–Crippen MR) is 293 cm³/mol. The summed E-state index contributed by atoms with van der Waals surface area (Å²) in [5.41, 5.74) is 14.1. The van der Waals surface area contributed by atoms with Gasteiger partial charge in [0, 0.05) is 50.2 Å². The van der Waals surface area contributed by atoms with Gasteiger partial charge in [0.05, 0.1) is 27.6 Å². The fourth-order valence-electron chi connectivity index (χ4n) is 11.8. The van der Waals surface area contributed by atoms with Gasteiger partial charge < -0.3 is 13.7 Å². The molecular weight excluding hydrogens is 835 g/mol. The Labute approximate surface area is 397 Å². The second-order valence-corrected chi connectivity index (χ2v) is 18.5. The molecule has 15 aromatic rings. The molecule has 0 radical (unpaired) electrons. The summed E-state index contributed by atoms with van der Waals surface area (Å²) in [6, 6.07) is 89.5. The highest BCUT2D eigenvalue weighted by Gasteiger charge is 2.21. The van der Waals surface area contributed by atoms with Gasteiger partial charge in [0.25, 0.3) is 0 Å². The lowest BCUT2D eigenvalue weighted by atomic mass is 9.92. The van der Waals surface area contributed by atoms with E-state index in [1.54, 1.807) is 0 Å². The van der Waals surface area contributed by atoms with Crippen LogP contribution in [0.1, 0.15) is 0 Å². The van der Waals surface area contributed by atoms with Crippen LogP contribution in [0.2, 0.25) is 0 Å². The van der Waals surface area contributed by atoms with Gasteiger partial charge >= 0.3 is 0 Å². The molecule has 15 rings (SSSR count). The van der Waals surface area contributed by atoms with Gasteiger partial charge in [-0.1, -0.05) is 170 Å². The Balaban J connectivity index is 0.908. The first-order valence-electron chi connectivity index (χ1n) is 23.8. The van der Waals surface area contributed by atoms with E-state index in [0.29, 0.717) is 0 Å². The number of fused-ring (bicyclic) bond motifs is 16. The fraction of sp³-hybridized carbons (Fsp3) is 0. The topological polar surface area (TPSA) is 14.8 Å². The number of hydrogen-bond donors (Lipinski definition) is 0. The summed E-state index contributed by atoms with van der Waals surface area (Å²) >= 11 is 0. The van der Waals surface area contributed by atoms with E-state index in [-0.39, 0.29) is 0 Å². The number of rotatable bonds is 5. The zero-order valence-corrected chi connectivity index (χ0v) is 37.5. The third kappa shape index (κ3) is 5.62. The van der Waals surface area contributed by atoms with Crippen LogP contribution in [0.5, 0.6) is 0 Å². The van der Waals surface area contributed by atoms with Crippen molar-refractivity contribution >= 4 is 97.6 Å². The molecule has 0 bridgehead atoms. The molecule has 0 aliphatic rings. The Morgan fingerprint density at radius 1 is 0.217 bits per heavy atom. The third-order valence-corrected chi connectivity index (χ3v) is 14.8. The van der Waals surface area contributed by atoms with Crippen molar-refractivity contribution in [3.63, 3.8) is 0 Å². The maximum Gasteiger partial charge on any atom is 0.0561 e. The Bertz CT molecular complexity index is 4570. The first-order valence-corrected chi connectivity index (χ1v) is 23.8. The van der Waals surface area contributed by atoms with Crippen molar-refractivity contribution in [1.82, 2.24) is 13.7 Å². The number of aromatic nitrogens is 3. The molecule has 0 unspecified atom stereocenters. The van der Waals surface area contributed by atoms with E-state index in [4.69, 9.17) is 0 Å². The first-order chi connectivity index (χ1) is 34.2. The third-order valence-electron chi connectivity index (χ3n) is 14.8. The van der Waals surface area contributed by atoms with Gasteiger partial charge in [0.15, 0.2) is 0 Å². The summed E-state index contributed by atoms with van der Waals surface area (Å²) in [6.07, 6.45) is 2.26. The van der Waals surface area contributed by atoms with Crippen molar-refractivity contribution in [3.8, 4) is 39.3 Å². The van der Waals surface area contributed by atoms with E-state index in [2.05, 4.69) is 263 Å². The van der Waals surface area contributed by atoms with E-state index in [1.165, 1.54) is 120 Å². The van der Waals surface area contributed by atoms with Crippen LogP contribution in [0.4, 0.5) is 0 Å². The summed E-state index contributed by atoms with van der Waals surface area (Å²) in [4.78, 5) is 0. The van der Waals surface area contributed by atoms with Gasteiger partial charge in [-0.25, -0.2) is 0 Å². The molecule has 0 atom stereocenters. The molecule has 0 N–H and O–H groups in total. The lowest BCUT2D eigenvalue weighted by molar-refractivity contribution is 1.12. The zero-order valence-electron chi connectivity index (χ0n) is 37.5. The molecule has 0 spiro atoms. The Morgan fingerprint density at radius 2 is 0.725 bits per heavy atom. The molecule has 0 aliphatic heterocycles. The lowest BCUT2D eigenvalue weighted by Gasteiger charge is -2.14. The van der Waals surface area contributed by atoms with Crippen molar-refractivity contribution in [2.75, 3.05) is 0 Å². The van der Waals surface area contributed by atoms with Gasteiger partial charge in [0.2, 0.25) is 0 Å². The molecule has 12 aromatic carbocycles. The van der Waals surface area contributed by atoms with Crippen LogP contribution < -0.4 is 0 Å². The maximum atomic E-state index is 2.46. The first kappa shape index (κ1) is 38.0. The van der Waals surface area contributed by atoms with Gasteiger partial charge in [-0.2, -0.15) is 0 Å². The molecule has 0 amide bonds. The summed E-state index contributed by atoms with van der Waals surface area (Å²) in [5.74, 6) is 0. The minimum Gasteiger partial charge on any atom is -0.316 e. The molecule has 0 saturated heterocycles. The number of hydrogen-bond acceptors (Lipinski definition) is 0. The lowest BCUT2D eigenvalue weighted by Crippen LogP contribution is -1.97. The van der Waals surface area contributed by atoms with Gasteiger partial charge in [-0.3, -0.25) is 0 Å². The van der Waals surface area contributed by atoms with Crippen molar-refractivity contribution in [3.05, 3.63) is 249 Å². The second-order valence-electron chi connectivity index (χ2n) is 18.5. The van der Waals surface area contributed by atoms with E-state index in [9.17, 15) is 0 Å². The smallest absolute Gasteiger partial charge is 0.0561 e. The predicted octanol–water partition coefficient (Wildman–Crippen LogP) is 17.8. The molecule has 69 heavy (non-hydrogen) atoms. The molecular formula is C66H41N3. The minimum absolute atomic E-state index is 1.12. The minimum atomic E-state index is 1.12. The standard InChI is InChI=1S/C66H41N3/c1-2-14-42(15-3-1)44-17-12-20-49(38-44)69-62-33-29-43-16-4-5-21-50(43)65(62)66-58-36-37-67(60(58)34-35-63(66)69)47-30-32-57-56-26-10-11-27-61(56)68(64(57)41-47)48-19-13-18-45(39-48)46-28-31-55-53-24-7-6-22-51(53)52-23-8-9-25-54(52)59(55)40-46/h1-41H. The van der Waals surface area contributed by atoms with Crippen LogP contribution in [-0.2, 0) is 0 Å². The van der Waals surface area contributed by atoms with Gasteiger partial charge in [-0.05, 0) is 138 Å². The monoisotopic (exact) mass is 875 g/mol. The second kappa shape index (κ2) is 14.7. The summed E-state index contributed by atoms with van der Waals surface area (Å²) in [7, 11) is 0. The van der Waals surface area contributed by atoms with Gasteiger partial charge in [0.1, 0.15) is 0 Å². The van der Waals surface area contributed by atoms with Crippen molar-refractivity contribution in [1.29, 1.82) is 0 Å². The molecule has 0 fully saturated rings. The average molecular weight is 876 g/mol. The van der Waals surface area contributed by atoms with Crippen molar-refractivity contribution < 1.29 is 0 Å². The van der Waals surface area contributed by atoms with E-state index < -0.39 is 0 Å². The largest absolute Gasteiger partial charge is 0.316 e. The Morgan fingerprint density at radius 3 is 1.46 bits per heavy atom. The SMILES string of the molecule is c1ccc(-c2cccc(-n3c4ccc5ccccc5c4c4c5ccn(-c6ccc7c8ccccc8n(-c8cccc(-c9ccc%10c%11ccccc%11c%11ccccc%11c%10c9)c8)c7c6)c5ccc43)c2)cc1. The van der Waals surface area contributed by atoms with E-state index in [1.807, 2.05) is 0 Å². The molecule has 3 aromatic heterocycles. The maximum absolute atomic E-state index is 2.46. The summed E-state index contributed by atoms with van der Waals surface area (Å²) < 4.78 is 7.29. The van der Waals surface area contributed by atoms with Gasteiger partial charge in [-0.15, -0.1) is 0 Å².